The molecule has 0 radical (unpaired) electrons. The molecule has 2 aromatic heterocycles. The predicted molar refractivity (Wildman–Crippen MR) is 194 cm³/mol. The molecule has 3 aromatic carbocycles. The third-order valence-corrected chi connectivity index (χ3v) is 11.8. The van der Waals surface area contributed by atoms with Gasteiger partial charge in [-0.15, -0.1) is 0 Å². The van der Waals surface area contributed by atoms with Gasteiger partial charge >= 0.3 is 6.09 Å². The van der Waals surface area contributed by atoms with Gasteiger partial charge in [-0.3, -0.25) is 4.79 Å². The Hall–Kier alpha value is -5.14. The molecule has 4 heterocycles. The SMILES string of the molecule is COC(=O)N[C@H](C(=O)N1C(c2nc3ccc(-c4ccc5c(c4)C(F)(F)c4cc(-c6cnc([C@@H]7CCCN7)[nH]6)ccc4-5)cc3[nH]2)C2CC[C@@H]1C2)[C@@H](C)OC. The molecule has 2 saturated heterocycles. The van der Waals surface area contributed by atoms with Crippen LogP contribution in [0.5, 0.6) is 0 Å². The van der Waals surface area contributed by atoms with Crippen molar-refractivity contribution in [3.05, 3.63) is 83.6 Å². The summed E-state index contributed by atoms with van der Waals surface area (Å²) in [6.45, 7) is 2.68. The number of hydrogen-bond acceptors (Lipinski definition) is 7. The summed E-state index contributed by atoms with van der Waals surface area (Å²) in [6, 6.07) is 15.1. The molecule has 2 unspecified atom stereocenters. The first kappa shape index (κ1) is 33.7. The largest absolute Gasteiger partial charge is 0.453 e. The summed E-state index contributed by atoms with van der Waals surface area (Å²) < 4.78 is 42.8. The number of H-pyrrole nitrogens is 2. The van der Waals surface area contributed by atoms with Crippen molar-refractivity contribution in [2.24, 2.45) is 5.92 Å². The Morgan fingerprint density at radius 1 is 0.943 bits per heavy atom. The normalized spacial score (nSPS) is 23.6. The van der Waals surface area contributed by atoms with Crippen molar-refractivity contribution < 1.29 is 27.8 Å². The number of methoxy groups -OCH3 is 2. The van der Waals surface area contributed by atoms with E-state index in [-0.39, 0.29) is 41.1 Å². The molecular weight excluding hydrogens is 680 g/mol. The van der Waals surface area contributed by atoms with Crippen LogP contribution in [0.3, 0.4) is 0 Å². The Morgan fingerprint density at radius 2 is 1.68 bits per heavy atom. The maximum Gasteiger partial charge on any atom is 0.407 e. The third kappa shape index (κ3) is 5.51. The molecule has 11 nitrogen and oxygen atoms in total. The second kappa shape index (κ2) is 12.8. The highest BCUT2D eigenvalue weighted by Crippen LogP contribution is 2.53. The molecule has 6 atom stereocenters. The number of imidazole rings is 2. The highest BCUT2D eigenvalue weighted by atomic mass is 19.3. The molecule has 2 aliphatic carbocycles. The number of rotatable bonds is 8. The van der Waals surface area contributed by atoms with Gasteiger partial charge in [0.1, 0.15) is 17.7 Å². The molecule has 2 aliphatic heterocycles. The van der Waals surface area contributed by atoms with E-state index in [9.17, 15) is 9.59 Å². The molecule has 2 amide bonds. The van der Waals surface area contributed by atoms with Crippen LogP contribution in [0.4, 0.5) is 13.6 Å². The third-order valence-electron chi connectivity index (χ3n) is 11.8. The zero-order valence-corrected chi connectivity index (χ0v) is 29.7. The van der Waals surface area contributed by atoms with Crippen molar-refractivity contribution in [1.82, 2.24) is 35.5 Å². The summed E-state index contributed by atoms with van der Waals surface area (Å²) in [6.07, 6.45) is 5.19. The van der Waals surface area contributed by atoms with E-state index in [2.05, 4.69) is 25.6 Å². The van der Waals surface area contributed by atoms with E-state index < -0.39 is 24.2 Å². The van der Waals surface area contributed by atoms with E-state index in [1.54, 1.807) is 37.4 Å². The van der Waals surface area contributed by atoms with Crippen LogP contribution in [0, 0.1) is 5.92 Å². The lowest BCUT2D eigenvalue weighted by Gasteiger charge is -2.37. The number of piperidine rings is 1. The lowest BCUT2D eigenvalue weighted by Crippen LogP contribution is -2.56. The minimum atomic E-state index is -3.18. The lowest BCUT2D eigenvalue weighted by molar-refractivity contribution is -0.141. The van der Waals surface area contributed by atoms with Gasteiger partial charge in [0.2, 0.25) is 5.91 Å². The van der Waals surface area contributed by atoms with Crippen molar-refractivity contribution >= 4 is 23.0 Å². The van der Waals surface area contributed by atoms with Crippen LogP contribution in [0.15, 0.2) is 60.8 Å². The van der Waals surface area contributed by atoms with E-state index in [0.717, 1.165) is 61.2 Å². The van der Waals surface area contributed by atoms with E-state index in [4.69, 9.17) is 14.5 Å². The first-order valence-electron chi connectivity index (χ1n) is 18.3. The molecule has 0 spiro atoms. The van der Waals surface area contributed by atoms with E-state index in [1.165, 1.54) is 14.2 Å². The molecule has 4 aliphatic rings. The van der Waals surface area contributed by atoms with E-state index >= 15 is 8.78 Å². The standard InChI is InChI=1S/C40H41F2N7O4/c1-20(52-2)34(48-39(51)53-3)38(50)49-25-10-6-24(15-25)35(49)37-45-30-13-9-22(18-32(30)46-37)21-7-11-26-27-12-8-23(17-29(27)40(41,42)28(26)16-21)33-19-44-36(47-33)31-5-4-14-43-31/h7-9,11-13,16-20,24-25,31,34-35,43H,4-6,10,14-15H2,1-3H3,(H,44,47)(H,45,46)(H,48,51)/t20-,24?,25-,31+,34+,35?/m1/s1. The summed E-state index contributed by atoms with van der Waals surface area (Å²) in [4.78, 5) is 44.4. The van der Waals surface area contributed by atoms with Crippen molar-refractivity contribution in [2.75, 3.05) is 20.8 Å². The second-order valence-electron chi connectivity index (χ2n) is 14.8. The molecule has 3 fully saturated rings. The first-order chi connectivity index (χ1) is 25.6. The average Bonchev–Trinajstić information content (AvgIpc) is 4.03. The maximum atomic E-state index is 16.3. The molecule has 9 rings (SSSR count). The Bertz CT molecular complexity index is 2240. The second-order valence-corrected chi connectivity index (χ2v) is 14.8. The lowest BCUT2D eigenvalue weighted by atomic mass is 9.97. The average molecular weight is 722 g/mol. The number of alkyl carbamates (subject to hydrolysis) is 1. The molecule has 274 valence electrons. The number of fused-ring (bicyclic) bond motifs is 6. The summed E-state index contributed by atoms with van der Waals surface area (Å²) in [5.74, 6) is -1.72. The molecule has 1 saturated carbocycles. The number of hydrogen-bond donors (Lipinski definition) is 4. The fourth-order valence-electron chi connectivity index (χ4n) is 9.02. The van der Waals surface area contributed by atoms with Gasteiger partial charge in [0.15, 0.2) is 0 Å². The van der Waals surface area contributed by atoms with Crippen molar-refractivity contribution in [3.63, 3.8) is 0 Å². The number of carbonyl (C=O) groups is 2. The van der Waals surface area contributed by atoms with Crippen LogP contribution in [-0.4, -0.2) is 75.8 Å². The van der Waals surface area contributed by atoms with E-state index in [1.807, 2.05) is 35.2 Å². The Morgan fingerprint density at radius 3 is 2.42 bits per heavy atom. The van der Waals surface area contributed by atoms with Crippen molar-refractivity contribution in [3.8, 4) is 33.5 Å². The predicted octanol–water partition coefficient (Wildman–Crippen LogP) is 6.98. The smallest absolute Gasteiger partial charge is 0.407 e. The summed E-state index contributed by atoms with van der Waals surface area (Å²) in [5.41, 5.74) is 5.30. The molecule has 2 bridgehead atoms. The van der Waals surface area contributed by atoms with Crippen LogP contribution in [0.2, 0.25) is 0 Å². The molecular formula is C40H41F2N7O4. The number of nitrogens with zero attached hydrogens (tertiary/aromatic N) is 3. The highest BCUT2D eigenvalue weighted by Gasteiger charge is 2.52. The number of carbonyl (C=O) groups excluding carboxylic acids is 2. The summed E-state index contributed by atoms with van der Waals surface area (Å²) >= 11 is 0. The number of benzene rings is 3. The quantitative estimate of drug-likeness (QED) is 0.136. The zero-order valence-electron chi connectivity index (χ0n) is 29.7. The van der Waals surface area contributed by atoms with Crippen LogP contribution < -0.4 is 10.6 Å². The van der Waals surface area contributed by atoms with Gasteiger partial charge in [-0.2, -0.15) is 8.78 Å². The van der Waals surface area contributed by atoms with Gasteiger partial charge in [-0.1, -0.05) is 30.3 Å². The number of amides is 2. The number of halogens is 2. The molecule has 5 aromatic rings. The fraction of sp³-hybridized carbons (Fsp3) is 0.400. The Labute approximate surface area is 304 Å². The van der Waals surface area contributed by atoms with Crippen molar-refractivity contribution in [1.29, 1.82) is 0 Å². The summed E-state index contributed by atoms with van der Waals surface area (Å²) in [5, 5.41) is 6.08. The maximum absolute atomic E-state index is 16.3. The first-order valence-corrected chi connectivity index (χ1v) is 18.3. The number of ether oxygens (including phenoxy) is 2. The van der Waals surface area contributed by atoms with Gasteiger partial charge in [0, 0.05) is 29.8 Å². The topological polar surface area (TPSA) is 137 Å². The fourth-order valence-corrected chi connectivity index (χ4v) is 9.02. The Kier molecular flexibility index (Phi) is 8.11. The number of nitrogens with one attached hydrogen (secondary N) is 4. The minimum Gasteiger partial charge on any atom is -0.453 e. The molecule has 13 heteroatoms. The summed E-state index contributed by atoms with van der Waals surface area (Å²) in [7, 11) is 2.75. The van der Waals surface area contributed by atoms with Crippen LogP contribution in [0.1, 0.15) is 73.9 Å². The zero-order chi connectivity index (χ0) is 36.6. The number of likely N-dealkylation sites (tertiary alicyclic amines) is 1. The molecule has 53 heavy (non-hydrogen) atoms. The van der Waals surface area contributed by atoms with Gasteiger partial charge in [0.05, 0.1) is 48.2 Å². The van der Waals surface area contributed by atoms with Crippen LogP contribution in [0.25, 0.3) is 44.5 Å². The van der Waals surface area contributed by atoms with Gasteiger partial charge < -0.3 is 35.0 Å². The Balaban J connectivity index is 0.998. The molecule has 4 N–H and O–H groups in total. The van der Waals surface area contributed by atoms with Crippen molar-refractivity contribution in [2.45, 2.75) is 75.2 Å². The van der Waals surface area contributed by atoms with Gasteiger partial charge in [-0.05, 0) is 98.0 Å². The number of alkyl halides is 2. The van der Waals surface area contributed by atoms with Crippen LogP contribution in [-0.2, 0) is 20.2 Å². The van der Waals surface area contributed by atoms with E-state index in [0.29, 0.717) is 33.6 Å². The number of aromatic nitrogens is 4. The highest BCUT2D eigenvalue weighted by molar-refractivity contribution is 5.89. The minimum absolute atomic E-state index is 0.0140. The van der Waals surface area contributed by atoms with Gasteiger partial charge in [-0.25, -0.2) is 14.8 Å². The number of aromatic amines is 2. The monoisotopic (exact) mass is 721 g/mol. The van der Waals surface area contributed by atoms with Crippen LogP contribution >= 0.6 is 0 Å². The van der Waals surface area contributed by atoms with Gasteiger partial charge in [0.25, 0.3) is 5.92 Å².